The van der Waals surface area contributed by atoms with Gasteiger partial charge in [-0.1, -0.05) is 77.9 Å². The molecule has 0 unspecified atom stereocenters. The molecule has 4 heteroatoms. The first-order valence-electron chi connectivity index (χ1n) is 9.76. The molecule has 3 rings (SSSR count). The normalized spacial score (nSPS) is 11.5. The second kappa shape index (κ2) is 9.69. The number of hydrogen-bond acceptors (Lipinski definition) is 2. The number of carbonyl (C=O) groups excluding carboxylic acids is 2. The molecule has 1 atom stereocenters. The first-order valence-corrected chi connectivity index (χ1v) is 9.76. The molecule has 0 aliphatic carbocycles. The van der Waals surface area contributed by atoms with E-state index in [1.807, 2.05) is 80.6 Å². The van der Waals surface area contributed by atoms with E-state index in [9.17, 15) is 9.59 Å². The summed E-state index contributed by atoms with van der Waals surface area (Å²) in [7, 11) is 0. The number of rotatable bonds is 7. The molecule has 0 aliphatic heterocycles. The van der Waals surface area contributed by atoms with Crippen molar-refractivity contribution in [2.75, 3.05) is 0 Å². The molecule has 0 radical (unpaired) electrons. The maximum absolute atomic E-state index is 12.9. The minimum atomic E-state index is -0.656. The molecule has 2 N–H and O–H groups in total. The molecule has 3 aromatic carbocycles. The van der Waals surface area contributed by atoms with Gasteiger partial charge in [-0.3, -0.25) is 9.59 Å². The van der Waals surface area contributed by atoms with Gasteiger partial charge >= 0.3 is 0 Å². The van der Waals surface area contributed by atoms with Gasteiger partial charge < -0.3 is 10.6 Å². The van der Waals surface area contributed by atoms with Crippen LogP contribution in [0.25, 0.3) is 0 Å². The van der Waals surface area contributed by atoms with Crippen LogP contribution in [0.15, 0.2) is 78.9 Å². The second-order valence-corrected chi connectivity index (χ2v) is 7.29. The SMILES string of the molecule is Cc1ccc(CNC(=O)[C@@H](Cc2ccccc2)NC(=O)c2ccc(C)cc2)cc1. The van der Waals surface area contributed by atoms with E-state index in [2.05, 4.69) is 10.6 Å². The standard InChI is InChI=1S/C25H26N2O2/c1-18-8-12-21(13-9-18)17-26-25(29)23(16-20-6-4-3-5-7-20)27-24(28)22-14-10-19(2)11-15-22/h3-15,23H,16-17H2,1-2H3,(H,26,29)(H,27,28)/t23-/m1/s1. The average molecular weight is 386 g/mol. The predicted molar refractivity (Wildman–Crippen MR) is 116 cm³/mol. The van der Waals surface area contributed by atoms with Crippen LogP contribution in [-0.4, -0.2) is 17.9 Å². The smallest absolute Gasteiger partial charge is 0.251 e. The van der Waals surface area contributed by atoms with Crippen molar-refractivity contribution in [1.82, 2.24) is 10.6 Å². The fourth-order valence-corrected chi connectivity index (χ4v) is 3.02. The van der Waals surface area contributed by atoms with Crippen LogP contribution in [0.4, 0.5) is 0 Å². The van der Waals surface area contributed by atoms with Gasteiger partial charge in [-0.05, 0) is 37.1 Å². The fourth-order valence-electron chi connectivity index (χ4n) is 3.02. The lowest BCUT2D eigenvalue weighted by Crippen LogP contribution is -2.47. The van der Waals surface area contributed by atoms with E-state index < -0.39 is 6.04 Å². The molecule has 0 spiro atoms. The first-order chi connectivity index (χ1) is 14.0. The molecule has 0 fully saturated rings. The van der Waals surface area contributed by atoms with Crippen molar-refractivity contribution in [2.45, 2.75) is 32.9 Å². The van der Waals surface area contributed by atoms with Gasteiger partial charge in [0.1, 0.15) is 6.04 Å². The molecular formula is C25H26N2O2. The van der Waals surface area contributed by atoms with Crippen LogP contribution in [-0.2, 0) is 17.8 Å². The highest BCUT2D eigenvalue weighted by molar-refractivity contribution is 5.97. The van der Waals surface area contributed by atoms with Crippen molar-refractivity contribution in [2.24, 2.45) is 0 Å². The molecule has 2 amide bonds. The Kier molecular flexibility index (Phi) is 6.80. The van der Waals surface area contributed by atoms with E-state index in [4.69, 9.17) is 0 Å². The summed E-state index contributed by atoms with van der Waals surface area (Å²) in [4.78, 5) is 25.6. The molecule has 0 saturated heterocycles. The monoisotopic (exact) mass is 386 g/mol. The van der Waals surface area contributed by atoms with E-state index in [1.54, 1.807) is 12.1 Å². The van der Waals surface area contributed by atoms with Crippen molar-refractivity contribution in [3.8, 4) is 0 Å². The Morgan fingerprint density at radius 2 is 1.34 bits per heavy atom. The Bertz CT molecular complexity index is 948. The maximum Gasteiger partial charge on any atom is 0.251 e. The number of amides is 2. The van der Waals surface area contributed by atoms with E-state index in [1.165, 1.54) is 5.56 Å². The third-order valence-electron chi connectivity index (χ3n) is 4.81. The molecule has 29 heavy (non-hydrogen) atoms. The highest BCUT2D eigenvalue weighted by Crippen LogP contribution is 2.08. The Morgan fingerprint density at radius 1 is 0.759 bits per heavy atom. The summed E-state index contributed by atoms with van der Waals surface area (Å²) in [5.74, 6) is -0.452. The first kappa shape index (κ1) is 20.3. The average Bonchev–Trinajstić information content (AvgIpc) is 2.74. The molecule has 0 heterocycles. The van der Waals surface area contributed by atoms with E-state index in [0.29, 0.717) is 18.5 Å². The summed E-state index contributed by atoms with van der Waals surface area (Å²) >= 11 is 0. The van der Waals surface area contributed by atoms with Gasteiger partial charge in [0.25, 0.3) is 5.91 Å². The third kappa shape index (κ3) is 6.04. The van der Waals surface area contributed by atoms with Crippen LogP contribution in [0.2, 0.25) is 0 Å². The van der Waals surface area contributed by atoms with Gasteiger partial charge in [0.15, 0.2) is 0 Å². The molecule has 0 saturated carbocycles. The summed E-state index contributed by atoms with van der Waals surface area (Å²) in [6.45, 7) is 4.42. The van der Waals surface area contributed by atoms with Crippen molar-refractivity contribution < 1.29 is 9.59 Å². The highest BCUT2D eigenvalue weighted by atomic mass is 16.2. The molecule has 3 aromatic rings. The number of hydrogen-bond donors (Lipinski definition) is 2. The topological polar surface area (TPSA) is 58.2 Å². The zero-order chi connectivity index (χ0) is 20.6. The molecular weight excluding hydrogens is 360 g/mol. The van der Waals surface area contributed by atoms with Gasteiger partial charge in [0, 0.05) is 18.5 Å². The van der Waals surface area contributed by atoms with Crippen molar-refractivity contribution in [1.29, 1.82) is 0 Å². The molecule has 148 valence electrons. The Hall–Kier alpha value is -3.40. The minimum Gasteiger partial charge on any atom is -0.350 e. The van der Waals surface area contributed by atoms with E-state index >= 15 is 0 Å². The van der Waals surface area contributed by atoms with Crippen LogP contribution in [0.1, 0.15) is 32.6 Å². The van der Waals surface area contributed by atoms with Gasteiger partial charge in [-0.2, -0.15) is 0 Å². The van der Waals surface area contributed by atoms with Crippen LogP contribution < -0.4 is 10.6 Å². The van der Waals surface area contributed by atoms with Gasteiger partial charge in [-0.15, -0.1) is 0 Å². The Labute approximate surface area is 172 Å². The minimum absolute atomic E-state index is 0.199. The number of benzene rings is 3. The molecule has 4 nitrogen and oxygen atoms in total. The van der Waals surface area contributed by atoms with Crippen LogP contribution in [0.3, 0.4) is 0 Å². The number of nitrogens with one attached hydrogen (secondary N) is 2. The zero-order valence-electron chi connectivity index (χ0n) is 16.8. The third-order valence-corrected chi connectivity index (χ3v) is 4.81. The second-order valence-electron chi connectivity index (χ2n) is 7.29. The van der Waals surface area contributed by atoms with Crippen molar-refractivity contribution in [3.05, 3.63) is 107 Å². The van der Waals surface area contributed by atoms with Gasteiger partial charge in [0.05, 0.1) is 0 Å². The number of carbonyl (C=O) groups is 2. The lowest BCUT2D eigenvalue weighted by Gasteiger charge is -2.19. The van der Waals surface area contributed by atoms with E-state index in [-0.39, 0.29) is 11.8 Å². The van der Waals surface area contributed by atoms with Crippen LogP contribution in [0.5, 0.6) is 0 Å². The molecule has 0 aliphatic rings. The van der Waals surface area contributed by atoms with Crippen LogP contribution in [0, 0.1) is 13.8 Å². The summed E-state index contributed by atoms with van der Waals surface area (Å²) < 4.78 is 0. The maximum atomic E-state index is 12.9. The lowest BCUT2D eigenvalue weighted by molar-refractivity contribution is -0.123. The van der Waals surface area contributed by atoms with Crippen molar-refractivity contribution >= 4 is 11.8 Å². The number of aryl methyl sites for hydroxylation is 2. The van der Waals surface area contributed by atoms with Crippen molar-refractivity contribution in [3.63, 3.8) is 0 Å². The largest absolute Gasteiger partial charge is 0.350 e. The highest BCUT2D eigenvalue weighted by Gasteiger charge is 2.21. The van der Waals surface area contributed by atoms with Crippen LogP contribution >= 0.6 is 0 Å². The molecule has 0 bridgehead atoms. The fraction of sp³-hybridized carbons (Fsp3) is 0.200. The summed E-state index contributed by atoms with van der Waals surface area (Å²) in [6, 6.07) is 24.4. The summed E-state index contributed by atoms with van der Waals surface area (Å²) in [6.07, 6.45) is 0.429. The molecule has 0 aromatic heterocycles. The van der Waals surface area contributed by atoms with E-state index in [0.717, 1.165) is 16.7 Å². The summed E-state index contributed by atoms with van der Waals surface area (Å²) in [5, 5.41) is 5.85. The Morgan fingerprint density at radius 3 is 1.97 bits per heavy atom. The zero-order valence-corrected chi connectivity index (χ0v) is 16.8. The van der Waals surface area contributed by atoms with Gasteiger partial charge in [0.2, 0.25) is 5.91 Å². The lowest BCUT2D eigenvalue weighted by atomic mass is 10.0. The van der Waals surface area contributed by atoms with Gasteiger partial charge in [-0.25, -0.2) is 0 Å². The quantitative estimate of drug-likeness (QED) is 0.646. The predicted octanol–water partition coefficient (Wildman–Crippen LogP) is 3.96. The summed E-state index contributed by atoms with van der Waals surface area (Å²) in [5.41, 5.74) is 4.81. The Balaban J connectivity index is 1.70.